The topological polar surface area (TPSA) is 106 Å². The number of amides is 1. The zero-order valence-electron chi connectivity index (χ0n) is 22.3. The third-order valence-corrected chi connectivity index (χ3v) is 7.88. The van der Waals surface area contributed by atoms with Gasteiger partial charge in [0.25, 0.3) is 5.91 Å². The Kier molecular flexibility index (Phi) is 8.08. The van der Waals surface area contributed by atoms with E-state index in [0.29, 0.717) is 27.6 Å². The molecule has 0 bridgehead atoms. The fourth-order valence-corrected chi connectivity index (χ4v) is 6.00. The number of nitriles is 1. The standard InChI is InChI=1S/C31H28N4O4S/c1-3-39-31(37)27-25-11-7-8-12-26(25)40-30(27)33-29(36)21(18-32)17-22-19-35(23-9-5-4-6-10-23)34-28(22)20-13-15-24(38-2)16-14-20/h4-6,9-10,13-17,19H,3,7-8,11-12H2,1-2H3,(H,33,36)/b21-17+. The number of fused-ring (bicyclic) bond motifs is 1. The second-order valence-corrected chi connectivity index (χ2v) is 10.3. The van der Waals surface area contributed by atoms with Crippen LogP contribution in [-0.4, -0.2) is 35.4 Å². The van der Waals surface area contributed by atoms with Gasteiger partial charge in [0.2, 0.25) is 0 Å². The van der Waals surface area contributed by atoms with Crippen LogP contribution in [0.2, 0.25) is 0 Å². The summed E-state index contributed by atoms with van der Waals surface area (Å²) >= 11 is 1.39. The first-order chi connectivity index (χ1) is 19.5. The van der Waals surface area contributed by atoms with E-state index in [0.717, 1.165) is 47.4 Å². The van der Waals surface area contributed by atoms with E-state index in [4.69, 9.17) is 14.6 Å². The van der Waals surface area contributed by atoms with E-state index in [2.05, 4.69) is 5.32 Å². The average molecular weight is 553 g/mol. The highest BCUT2D eigenvalue weighted by molar-refractivity contribution is 7.17. The molecule has 5 rings (SSSR count). The van der Waals surface area contributed by atoms with Crippen molar-refractivity contribution in [2.75, 3.05) is 19.0 Å². The maximum Gasteiger partial charge on any atom is 0.341 e. The molecule has 0 unspecified atom stereocenters. The molecule has 9 heteroatoms. The minimum atomic E-state index is -0.597. The quantitative estimate of drug-likeness (QED) is 0.158. The number of rotatable bonds is 8. The number of para-hydroxylation sites is 1. The van der Waals surface area contributed by atoms with Gasteiger partial charge in [-0.15, -0.1) is 11.3 Å². The number of benzene rings is 2. The minimum absolute atomic E-state index is 0.108. The summed E-state index contributed by atoms with van der Waals surface area (Å²) in [6.07, 6.45) is 6.94. The molecule has 0 saturated heterocycles. The van der Waals surface area contributed by atoms with E-state index in [-0.39, 0.29) is 12.2 Å². The molecule has 0 radical (unpaired) electrons. The molecule has 0 fully saturated rings. The highest BCUT2D eigenvalue weighted by Crippen LogP contribution is 2.39. The molecule has 0 aliphatic heterocycles. The first kappa shape index (κ1) is 26.9. The first-order valence-corrected chi connectivity index (χ1v) is 13.9. The lowest BCUT2D eigenvalue weighted by Crippen LogP contribution is -2.16. The number of esters is 1. The van der Waals surface area contributed by atoms with Crippen molar-refractivity contribution in [2.45, 2.75) is 32.6 Å². The van der Waals surface area contributed by atoms with E-state index in [1.807, 2.05) is 60.7 Å². The number of carbonyl (C=O) groups is 2. The van der Waals surface area contributed by atoms with Crippen molar-refractivity contribution in [3.05, 3.63) is 87.9 Å². The molecule has 8 nitrogen and oxygen atoms in total. The Hall–Kier alpha value is -4.68. The van der Waals surface area contributed by atoms with Crippen molar-refractivity contribution in [1.29, 1.82) is 5.26 Å². The molecule has 2 aromatic carbocycles. The number of aryl methyl sites for hydroxylation is 1. The van der Waals surface area contributed by atoms with E-state index in [9.17, 15) is 14.9 Å². The monoisotopic (exact) mass is 552 g/mol. The highest BCUT2D eigenvalue weighted by atomic mass is 32.1. The molecular formula is C31H28N4O4S. The maximum absolute atomic E-state index is 13.4. The highest BCUT2D eigenvalue weighted by Gasteiger charge is 2.28. The Balaban J connectivity index is 1.52. The van der Waals surface area contributed by atoms with Crippen molar-refractivity contribution in [2.24, 2.45) is 0 Å². The number of nitrogens with zero attached hydrogens (tertiary/aromatic N) is 3. The van der Waals surface area contributed by atoms with Crippen LogP contribution in [-0.2, 0) is 22.4 Å². The molecule has 2 aromatic heterocycles. The van der Waals surface area contributed by atoms with Crippen molar-refractivity contribution in [3.63, 3.8) is 0 Å². The Morgan fingerprint density at radius 2 is 1.88 bits per heavy atom. The molecule has 0 atom stereocenters. The number of ether oxygens (including phenoxy) is 2. The molecule has 4 aromatic rings. The summed E-state index contributed by atoms with van der Waals surface area (Å²) in [6, 6.07) is 19.0. The molecule has 0 spiro atoms. The predicted octanol–water partition coefficient (Wildman–Crippen LogP) is 6.21. The minimum Gasteiger partial charge on any atom is -0.497 e. The number of nitrogens with one attached hydrogen (secondary N) is 1. The summed E-state index contributed by atoms with van der Waals surface area (Å²) in [7, 11) is 1.60. The molecule has 1 amide bonds. The lowest BCUT2D eigenvalue weighted by molar-refractivity contribution is -0.112. The van der Waals surface area contributed by atoms with Crippen LogP contribution in [0.15, 0.2) is 66.4 Å². The third kappa shape index (κ3) is 5.53. The summed E-state index contributed by atoms with van der Waals surface area (Å²) < 4.78 is 12.3. The van der Waals surface area contributed by atoms with Crippen LogP contribution in [0.25, 0.3) is 23.0 Å². The summed E-state index contributed by atoms with van der Waals surface area (Å²) in [4.78, 5) is 27.3. The van der Waals surface area contributed by atoms with Gasteiger partial charge in [-0.25, -0.2) is 9.48 Å². The average Bonchev–Trinajstić information content (AvgIpc) is 3.57. The second kappa shape index (κ2) is 12.0. The predicted molar refractivity (Wildman–Crippen MR) is 155 cm³/mol. The van der Waals surface area contributed by atoms with Crippen LogP contribution >= 0.6 is 11.3 Å². The van der Waals surface area contributed by atoms with Gasteiger partial charge in [-0.05, 0) is 80.6 Å². The van der Waals surface area contributed by atoms with Crippen molar-refractivity contribution < 1.29 is 19.1 Å². The largest absolute Gasteiger partial charge is 0.497 e. The summed E-state index contributed by atoms with van der Waals surface area (Å²) in [5.41, 5.74) is 4.07. The van der Waals surface area contributed by atoms with Gasteiger partial charge in [0.1, 0.15) is 22.4 Å². The first-order valence-electron chi connectivity index (χ1n) is 13.1. The fraction of sp³-hybridized carbons (Fsp3) is 0.226. The van der Waals surface area contributed by atoms with Crippen LogP contribution in [0.1, 0.15) is 46.1 Å². The molecule has 1 aliphatic rings. The SMILES string of the molecule is CCOC(=O)c1c(NC(=O)/C(C#N)=C/c2cn(-c3ccccc3)nc2-c2ccc(OC)cc2)sc2c1CCCC2. The van der Waals surface area contributed by atoms with Gasteiger partial charge in [-0.2, -0.15) is 10.4 Å². The van der Waals surface area contributed by atoms with Crippen LogP contribution in [0.3, 0.4) is 0 Å². The van der Waals surface area contributed by atoms with Gasteiger partial charge in [-0.3, -0.25) is 4.79 Å². The number of thiophene rings is 1. The van der Waals surface area contributed by atoms with Gasteiger partial charge in [0, 0.05) is 22.2 Å². The van der Waals surface area contributed by atoms with Gasteiger partial charge in [-0.1, -0.05) is 18.2 Å². The Morgan fingerprint density at radius 1 is 1.12 bits per heavy atom. The molecule has 1 N–H and O–H groups in total. The lowest BCUT2D eigenvalue weighted by Gasteiger charge is -2.12. The van der Waals surface area contributed by atoms with Crippen LogP contribution < -0.4 is 10.1 Å². The van der Waals surface area contributed by atoms with Gasteiger partial charge >= 0.3 is 5.97 Å². The molecular weight excluding hydrogens is 524 g/mol. The molecule has 0 saturated carbocycles. The van der Waals surface area contributed by atoms with Gasteiger partial charge in [0.15, 0.2) is 0 Å². The van der Waals surface area contributed by atoms with E-state index in [1.165, 1.54) is 17.4 Å². The zero-order chi connectivity index (χ0) is 28.1. The third-order valence-electron chi connectivity index (χ3n) is 6.67. The Labute approximate surface area is 236 Å². The zero-order valence-corrected chi connectivity index (χ0v) is 23.1. The lowest BCUT2D eigenvalue weighted by atomic mass is 9.95. The smallest absolute Gasteiger partial charge is 0.341 e. The van der Waals surface area contributed by atoms with Crippen LogP contribution in [0, 0.1) is 11.3 Å². The molecule has 1 aliphatic carbocycles. The number of aromatic nitrogens is 2. The maximum atomic E-state index is 13.4. The number of hydrogen-bond acceptors (Lipinski definition) is 7. The van der Waals surface area contributed by atoms with Gasteiger partial charge in [0.05, 0.1) is 30.7 Å². The summed E-state index contributed by atoms with van der Waals surface area (Å²) in [6.45, 7) is 1.99. The summed E-state index contributed by atoms with van der Waals surface area (Å²) in [5.74, 6) is -0.345. The molecule has 40 heavy (non-hydrogen) atoms. The number of hydrogen-bond donors (Lipinski definition) is 1. The fourth-order valence-electron chi connectivity index (χ4n) is 4.73. The molecule has 2 heterocycles. The van der Waals surface area contributed by atoms with Gasteiger partial charge < -0.3 is 14.8 Å². The summed E-state index contributed by atoms with van der Waals surface area (Å²) in [5, 5.41) is 18.0. The van der Waals surface area contributed by atoms with Crippen molar-refractivity contribution >= 4 is 34.3 Å². The number of methoxy groups -OCH3 is 1. The van der Waals surface area contributed by atoms with Crippen molar-refractivity contribution in [3.8, 4) is 28.8 Å². The van der Waals surface area contributed by atoms with Crippen LogP contribution in [0.4, 0.5) is 5.00 Å². The number of carbonyl (C=O) groups excluding carboxylic acids is 2. The number of anilines is 1. The van der Waals surface area contributed by atoms with E-state index >= 15 is 0 Å². The van der Waals surface area contributed by atoms with Crippen molar-refractivity contribution in [1.82, 2.24) is 9.78 Å². The van der Waals surface area contributed by atoms with E-state index < -0.39 is 11.9 Å². The normalized spacial score (nSPS) is 12.8. The Morgan fingerprint density at radius 3 is 2.58 bits per heavy atom. The second-order valence-electron chi connectivity index (χ2n) is 9.20. The van der Waals surface area contributed by atoms with Crippen LogP contribution in [0.5, 0.6) is 5.75 Å². The Bertz CT molecular complexity index is 1610. The van der Waals surface area contributed by atoms with E-state index in [1.54, 1.807) is 24.9 Å². The molecule has 202 valence electrons.